The van der Waals surface area contributed by atoms with Crippen LogP contribution < -0.4 is 5.32 Å². The molecule has 34 heavy (non-hydrogen) atoms. The molecule has 0 spiro atoms. The largest absolute Gasteiger partial charge is 0.481 e. The molecule has 0 unspecified atom stereocenters. The van der Waals surface area contributed by atoms with Crippen molar-refractivity contribution in [1.82, 2.24) is 30.4 Å². The number of carbonyl (C=O) groups is 1. The first kappa shape index (κ1) is 27.7. The first-order valence-electron chi connectivity index (χ1n) is 12.7. The number of nitrogens with one attached hydrogen (secondary N) is 2. The summed E-state index contributed by atoms with van der Waals surface area (Å²) in [5.74, 6) is -1.19. The van der Waals surface area contributed by atoms with Crippen molar-refractivity contribution in [2.24, 2.45) is 5.92 Å². The van der Waals surface area contributed by atoms with Crippen molar-refractivity contribution in [3.63, 3.8) is 0 Å². The molecule has 0 bridgehead atoms. The van der Waals surface area contributed by atoms with Crippen LogP contribution in [0.1, 0.15) is 64.8 Å². The summed E-state index contributed by atoms with van der Waals surface area (Å²) in [5.41, 5.74) is 2.14. The van der Waals surface area contributed by atoms with Crippen molar-refractivity contribution in [2.75, 3.05) is 44.6 Å². The van der Waals surface area contributed by atoms with Gasteiger partial charge in [-0.2, -0.15) is 5.21 Å². The number of anilines is 1. The van der Waals surface area contributed by atoms with Crippen LogP contribution in [0.5, 0.6) is 0 Å². The number of rotatable bonds is 12. The van der Waals surface area contributed by atoms with Crippen LogP contribution >= 0.6 is 0 Å². The monoisotopic (exact) mass is 473 g/mol. The van der Waals surface area contributed by atoms with Gasteiger partial charge in [-0.05, 0) is 44.4 Å². The lowest BCUT2D eigenvalue weighted by Gasteiger charge is -2.36. The van der Waals surface area contributed by atoms with Crippen LogP contribution in [0.4, 0.5) is 5.69 Å². The van der Waals surface area contributed by atoms with E-state index in [1.807, 2.05) is 20.8 Å². The van der Waals surface area contributed by atoms with E-state index in [2.05, 4.69) is 73.9 Å². The first-order valence-corrected chi connectivity index (χ1v) is 12.7. The van der Waals surface area contributed by atoms with Gasteiger partial charge < -0.3 is 10.4 Å². The van der Waals surface area contributed by atoms with E-state index in [4.69, 9.17) is 0 Å². The number of nitrogens with zero attached hydrogens (tertiary/aromatic N) is 5. The zero-order valence-electron chi connectivity index (χ0n) is 21.5. The highest BCUT2D eigenvalue weighted by Crippen LogP contribution is 2.30. The lowest BCUT2D eigenvalue weighted by atomic mass is 9.83. The van der Waals surface area contributed by atoms with Crippen LogP contribution in [-0.2, 0) is 11.2 Å². The van der Waals surface area contributed by atoms with E-state index in [-0.39, 0.29) is 5.92 Å². The van der Waals surface area contributed by atoms with Crippen molar-refractivity contribution in [3.8, 4) is 0 Å². The van der Waals surface area contributed by atoms with Crippen molar-refractivity contribution < 1.29 is 9.90 Å². The SMILES string of the molecule is CC.CCC[C@H](C(=O)O)[C@H](Cc1ccc(NCCN2CCN(C(C)C)CC2)cc1)c1nn[nH]n1. The summed E-state index contributed by atoms with van der Waals surface area (Å²) in [6.45, 7) is 17.0. The Bertz CT molecular complexity index is 803. The third-order valence-electron chi connectivity index (χ3n) is 6.40. The molecule has 190 valence electrons. The van der Waals surface area contributed by atoms with Crippen LogP contribution in [0.3, 0.4) is 0 Å². The summed E-state index contributed by atoms with van der Waals surface area (Å²) < 4.78 is 0. The van der Waals surface area contributed by atoms with E-state index < -0.39 is 11.9 Å². The Hall–Kier alpha value is -2.52. The summed E-state index contributed by atoms with van der Waals surface area (Å²) in [6.07, 6.45) is 1.94. The molecule has 0 radical (unpaired) electrons. The molecule has 1 aromatic heterocycles. The third kappa shape index (κ3) is 8.36. The van der Waals surface area contributed by atoms with Crippen LogP contribution in [0.25, 0.3) is 0 Å². The average molecular weight is 474 g/mol. The Labute approximate surface area is 204 Å². The highest BCUT2D eigenvalue weighted by molar-refractivity contribution is 5.71. The van der Waals surface area contributed by atoms with E-state index in [1.165, 1.54) is 0 Å². The summed E-state index contributed by atoms with van der Waals surface area (Å²) in [7, 11) is 0. The second-order valence-corrected chi connectivity index (χ2v) is 8.91. The van der Waals surface area contributed by atoms with Gasteiger partial charge in [0.25, 0.3) is 0 Å². The van der Waals surface area contributed by atoms with E-state index in [9.17, 15) is 9.90 Å². The number of benzene rings is 1. The molecule has 0 aliphatic carbocycles. The molecule has 9 nitrogen and oxygen atoms in total. The number of hydrogen-bond donors (Lipinski definition) is 3. The van der Waals surface area contributed by atoms with Gasteiger partial charge in [-0.15, -0.1) is 10.2 Å². The molecule has 9 heteroatoms. The molecule has 2 atom stereocenters. The molecule has 0 saturated carbocycles. The normalized spacial score (nSPS) is 16.5. The van der Waals surface area contributed by atoms with Gasteiger partial charge >= 0.3 is 5.97 Å². The molecule has 1 aliphatic heterocycles. The summed E-state index contributed by atoms with van der Waals surface area (Å²) in [6, 6.07) is 8.87. The number of tetrazole rings is 1. The second-order valence-electron chi connectivity index (χ2n) is 8.91. The lowest BCUT2D eigenvalue weighted by molar-refractivity contribution is -0.142. The van der Waals surface area contributed by atoms with Crippen LogP contribution in [-0.4, -0.2) is 86.8 Å². The van der Waals surface area contributed by atoms with E-state index >= 15 is 0 Å². The van der Waals surface area contributed by atoms with Gasteiger partial charge in [0, 0.05) is 56.9 Å². The van der Waals surface area contributed by atoms with Gasteiger partial charge in [0.05, 0.1) is 5.92 Å². The molecule has 1 saturated heterocycles. The van der Waals surface area contributed by atoms with E-state index in [0.29, 0.717) is 24.7 Å². The maximum Gasteiger partial charge on any atom is 0.307 e. The quantitative estimate of drug-likeness (QED) is 0.430. The minimum atomic E-state index is -0.811. The fourth-order valence-electron chi connectivity index (χ4n) is 4.42. The third-order valence-corrected chi connectivity index (χ3v) is 6.40. The van der Waals surface area contributed by atoms with Gasteiger partial charge in [0.15, 0.2) is 5.82 Å². The Morgan fingerprint density at radius 3 is 2.35 bits per heavy atom. The molecule has 1 aromatic carbocycles. The van der Waals surface area contributed by atoms with Crippen LogP contribution in [0.15, 0.2) is 24.3 Å². The average Bonchev–Trinajstić information content (AvgIpc) is 3.38. The van der Waals surface area contributed by atoms with Crippen molar-refractivity contribution >= 4 is 11.7 Å². The first-order chi connectivity index (χ1) is 16.5. The van der Waals surface area contributed by atoms with Gasteiger partial charge in [-0.1, -0.05) is 44.5 Å². The predicted octanol–water partition coefficient (Wildman–Crippen LogP) is 3.49. The molecular formula is C25H43N7O2. The molecule has 2 heterocycles. The maximum atomic E-state index is 11.9. The minimum absolute atomic E-state index is 0.311. The zero-order valence-corrected chi connectivity index (χ0v) is 21.5. The van der Waals surface area contributed by atoms with Crippen molar-refractivity contribution in [1.29, 1.82) is 0 Å². The van der Waals surface area contributed by atoms with Crippen molar-refractivity contribution in [3.05, 3.63) is 35.7 Å². The van der Waals surface area contributed by atoms with Gasteiger partial charge in [0.1, 0.15) is 0 Å². The number of piperazine rings is 1. The molecule has 3 rings (SSSR count). The summed E-state index contributed by atoms with van der Waals surface area (Å²) in [5, 5.41) is 27.5. The standard InChI is InChI=1S/C23H37N7O2.C2H6/c1-4-5-20(23(31)32)21(22-25-27-28-26-22)16-18-6-8-19(9-7-18)24-10-11-29-12-14-30(15-13-29)17(2)3;1-2/h6-9,17,20-21,24H,4-5,10-16H2,1-3H3,(H,31,32)(H,25,26,27,28);1-2H3/t20-,21-;/m0./s1. The number of aromatic nitrogens is 4. The second kappa shape index (κ2) is 14.7. The summed E-state index contributed by atoms with van der Waals surface area (Å²) >= 11 is 0. The Morgan fingerprint density at radius 2 is 1.82 bits per heavy atom. The molecule has 3 N–H and O–H groups in total. The fraction of sp³-hybridized carbons (Fsp3) is 0.680. The number of aromatic amines is 1. The highest BCUT2D eigenvalue weighted by Gasteiger charge is 2.32. The Morgan fingerprint density at radius 1 is 1.15 bits per heavy atom. The molecule has 0 amide bonds. The molecule has 1 fully saturated rings. The van der Waals surface area contributed by atoms with Crippen LogP contribution in [0.2, 0.25) is 0 Å². The molecule has 1 aliphatic rings. The lowest BCUT2D eigenvalue weighted by Crippen LogP contribution is -2.49. The van der Waals surface area contributed by atoms with Crippen LogP contribution in [0, 0.1) is 5.92 Å². The zero-order chi connectivity index (χ0) is 24.9. The number of aliphatic carboxylic acids is 1. The van der Waals surface area contributed by atoms with Gasteiger partial charge in [0.2, 0.25) is 0 Å². The molecule has 2 aromatic rings. The predicted molar refractivity (Wildman–Crippen MR) is 136 cm³/mol. The van der Waals surface area contributed by atoms with E-state index in [0.717, 1.165) is 56.9 Å². The Kier molecular flexibility index (Phi) is 12.0. The smallest absolute Gasteiger partial charge is 0.307 e. The minimum Gasteiger partial charge on any atom is -0.481 e. The fourth-order valence-corrected chi connectivity index (χ4v) is 4.42. The Balaban J connectivity index is 0.00000199. The van der Waals surface area contributed by atoms with Gasteiger partial charge in [-0.25, -0.2) is 0 Å². The van der Waals surface area contributed by atoms with Gasteiger partial charge in [-0.3, -0.25) is 14.6 Å². The number of carboxylic acids is 1. The maximum absolute atomic E-state index is 11.9. The number of H-pyrrole nitrogens is 1. The molecular weight excluding hydrogens is 430 g/mol. The van der Waals surface area contributed by atoms with Crippen molar-refractivity contribution in [2.45, 2.75) is 65.8 Å². The number of hydrogen-bond acceptors (Lipinski definition) is 7. The highest BCUT2D eigenvalue weighted by atomic mass is 16.4. The van der Waals surface area contributed by atoms with E-state index in [1.54, 1.807) is 0 Å². The number of carboxylic acid groups (broad SMARTS) is 1. The topological polar surface area (TPSA) is 110 Å². The summed E-state index contributed by atoms with van der Waals surface area (Å²) in [4.78, 5) is 16.9.